The number of hydrogen-bond acceptors (Lipinski definition) is 6. The van der Waals surface area contributed by atoms with E-state index in [-0.39, 0.29) is 24.0 Å². The van der Waals surface area contributed by atoms with Crippen molar-refractivity contribution in [1.29, 1.82) is 0 Å². The second kappa shape index (κ2) is 13.2. The Morgan fingerprint density at radius 2 is 2.03 bits per heavy atom. The van der Waals surface area contributed by atoms with E-state index < -0.39 is 0 Å². The zero-order valence-electron chi connectivity index (χ0n) is 18.3. The maximum absolute atomic E-state index is 6.04. The fourth-order valence-electron chi connectivity index (χ4n) is 3.45. The summed E-state index contributed by atoms with van der Waals surface area (Å²) in [6, 6.07) is 7.79. The quantitative estimate of drug-likeness (QED) is 0.290. The molecule has 2 N–H and O–H groups in total. The third kappa shape index (κ3) is 7.89. The van der Waals surface area contributed by atoms with Crippen LogP contribution in [0.4, 0.5) is 0 Å². The fourth-order valence-corrected chi connectivity index (χ4v) is 3.64. The van der Waals surface area contributed by atoms with E-state index >= 15 is 0 Å². The first-order valence-electron chi connectivity index (χ1n) is 10.5. The second-order valence-electron chi connectivity index (χ2n) is 7.56. The highest BCUT2D eigenvalue weighted by atomic mass is 127. The third-order valence-electron chi connectivity index (χ3n) is 5.03. The molecule has 1 aromatic heterocycles. The molecule has 0 spiro atoms. The van der Waals surface area contributed by atoms with Crippen molar-refractivity contribution in [3.05, 3.63) is 35.2 Å². The van der Waals surface area contributed by atoms with Crippen molar-refractivity contribution in [2.24, 2.45) is 10.9 Å². The van der Waals surface area contributed by atoms with Crippen LogP contribution in [-0.4, -0.2) is 66.4 Å². The van der Waals surface area contributed by atoms with E-state index in [0.717, 1.165) is 50.9 Å². The van der Waals surface area contributed by atoms with Crippen LogP contribution in [0.5, 0.6) is 0 Å². The molecule has 1 aromatic carbocycles. The van der Waals surface area contributed by atoms with Crippen molar-refractivity contribution < 1.29 is 9.26 Å². The first kappa shape index (κ1) is 25.8. The van der Waals surface area contributed by atoms with Crippen molar-refractivity contribution in [2.75, 3.05) is 39.4 Å². The van der Waals surface area contributed by atoms with Crippen LogP contribution >= 0.6 is 35.6 Å². The van der Waals surface area contributed by atoms with Crippen molar-refractivity contribution >= 4 is 41.5 Å². The largest absolute Gasteiger partial charge is 0.379 e. The summed E-state index contributed by atoms with van der Waals surface area (Å²) >= 11 is 6.04. The molecule has 8 nitrogen and oxygen atoms in total. The predicted molar refractivity (Wildman–Crippen MR) is 134 cm³/mol. The van der Waals surface area contributed by atoms with Crippen LogP contribution in [0.1, 0.15) is 26.7 Å². The highest BCUT2D eigenvalue weighted by Gasteiger charge is 2.23. The number of halogens is 2. The Balaban J connectivity index is 0.00000341. The van der Waals surface area contributed by atoms with Gasteiger partial charge in [-0.05, 0) is 25.0 Å². The highest BCUT2D eigenvalue weighted by Crippen LogP contribution is 2.20. The van der Waals surface area contributed by atoms with E-state index in [0.29, 0.717) is 35.2 Å². The minimum Gasteiger partial charge on any atom is -0.379 e. The van der Waals surface area contributed by atoms with Gasteiger partial charge in [0.05, 0.1) is 13.2 Å². The monoisotopic (exact) mass is 562 g/mol. The average Bonchev–Trinajstić information content (AvgIpc) is 3.22. The van der Waals surface area contributed by atoms with Crippen LogP contribution in [0.3, 0.4) is 0 Å². The fraction of sp³-hybridized carbons (Fsp3) is 0.571. The molecular weight excluding hydrogens is 531 g/mol. The topological polar surface area (TPSA) is 87.8 Å². The van der Waals surface area contributed by atoms with Gasteiger partial charge in [0, 0.05) is 42.8 Å². The van der Waals surface area contributed by atoms with Crippen LogP contribution in [-0.2, 0) is 11.3 Å². The van der Waals surface area contributed by atoms with Crippen LogP contribution < -0.4 is 10.6 Å². The van der Waals surface area contributed by atoms with E-state index in [9.17, 15) is 0 Å². The number of aliphatic imine (C=N–C) groups is 1. The summed E-state index contributed by atoms with van der Waals surface area (Å²) in [5.41, 5.74) is 0.816. The Kier molecular flexibility index (Phi) is 11.0. The molecule has 1 aliphatic rings. The van der Waals surface area contributed by atoms with Gasteiger partial charge in [-0.25, -0.2) is 4.99 Å². The number of morpholine rings is 1. The molecule has 0 radical (unpaired) electrons. The summed E-state index contributed by atoms with van der Waals surface area (Å²) in [5.74, 6) is 2.22. The molecule has 3 rings (SSSR count). The molecule has 1 fully saturated rings. The zero-order chi connectivity index (χ0) is 21.3. The molecule has 31 heavy (non-hydrogen) atoms. The van der Waals surface area contributed by atoms with E-state index in [1.807, 2.05) is 31.2 Å². The van der Waals surface area contributed by atoms with Crippen LogP contribution in [0.25, 0.3) is 11.4 Å². The number of rotatable bonds is 8. The Hall–Kier alpha value is -1.43. The van der Waals surface area contributed by atoms with Crippen LogP contribution in [0.2, 0.25) is 5.02 Å². The van der Waals surface area contributed by atoms with Gasteiger partial charge in [0.25, 0.3) is 0 Å². The van der Waals surface area contributed by atoms with Crippen molar-refractivity contribution in [2.45, 2.75) is 33.4 Å². The number of ether oxygens (including phenoxy) is 1. The SMILES string of the molecule is CCNC(=NCc1nc(-c2cccc(Cl)c2)no1)NCC(C(C)C)N1CCOCC1.I. The average molecular weight is 563 g/mol. The first-order valence-corrected chi connectivity index (χ1v) is 10.9. The van der Waals surface area contributed by atoms with Crippen LogP contribution in [0, 0.1) is 5.92 Å². The molecule has 1 unspecified atom stereocenters. The van der Waals surface area contributed by atoms with Gasteiger partial charge in [0.1, 0.15) is 6.54 Å². The molecule has 1 atom stereocenters. The maximum Gasteiger partial charge on any atom is 0.248 e. The zero-order valence-corrected chi connectivity index (χ0v) is 21.4. The summed E-state index contributed by atoms with van der Waals surface area (Å²) < 4.78 is 10.9. The standard InChI is InChI=1S/C21H31ClN6O2.HI/c1-4-23-21(24-13-18(15(2)3)28-8-10-29-11-9-28)25-14-19-26-20(27-30-19)16-6-5-7-17(22)12-16;/h5-7,12,15,18H,4,8-11,13-14H2,1-3H3,(H2,23,24,25);1H. The lowest BCUT2D eigenvalue weighted by molar-refractivity contribution is 0.00752. The summed E-state index contributed by atoms with van der Waals surface area (Å²) in [4.78, 5) is 11.5. The Labute approximate surface area is 206 Å². The molecule has 0 aliphatic carbocycles. The van der Waals surface area contributed by atoms with Gasteiger partial charge in [0.15, 0.2) is 5.96 Å². The lowest BCUT2D eigenvalue weighted by Crippen LogP contribution is -2.52. The van der Waals surface area contributed by atoms with Crippen LogP contribution in [0.15, 0.2) is 33.8 Å². The Bertz CT molecular complexity index is 826. The number of nitrogens with one attached hydrogen (secondary N) is 2. The third-order valence-corrected chi connectivity index (χ3v) is 5.27. The van der Waals surface area contributed by atoms with E-state index in [4.69, 9.17) is 20.9 Å². The maximum atomic E-state index is 6.04. The molecule has 0 bridgehead atoms. The van der Waals surface area contributed by atoms with E-state index in [2.05, 4.69) is 44.5 Å². The molecule has 10 heteroatoms. The van der Waals surface area contributed by atoms with Crippen molar-refractivity contribution in [3.8, 4) is 11.4 Å². The molecule has 0 saturated carbocycles. The molecule has 0 amide bonds. The number of guanidine groups is 1. The van der Waals surface area contributed by atoms with Crippen molar-refractivity contribution in [1.82, 2.24) is 25.7 Å². The lowest BCUT2D eigenvalue weighted by atomic mass is 10.0. The summed E-state index contributed by atoms with van der Waals surface area (Å²) in [5, 5.41) is 11.4. The van der Waals surface area contributed by atoms with Crippen molar-refractivity contribution in [3.63, 3.8) is 0 Å². The van der Waals surface area contributed by atoms with Gasteiger partial charge in [0.2, 0.25) is 11.7 Å². The molecule has 1 aliphatic heterocycles. The first-order chi connectivity index (χ1) is 14.6. The number of aromatic nitrogens is 2. The van der Waals surface area contributed by atoms with E-state index in [1.54, 1.807) is 0 Å². The molecule has 172 valence electrons. The normalized spacial score (nSPS) is 16.1. The lowest BCUT2D eigenvalue weighted by Gasteiger charge is -2.37. The van der Waals surface area contributed by atoms with Gasteiger partial charge in [-0.1, -0.05) is 42.7 Å². The summed E-state index contributed by atoms with van der Waals surface area (Å²) in [6.45, 7) is 11.9. The van der Waals surface area contributed by atoms with Gasteiger partial charge >= 0.3 is 0 Å². The highest BCUT2D eigenvalue weighted by molar-refractivity contribution is 14.0. The Morgan fingerprint density at radius 3 is 2.71 bits per heavy atom. The smallest absolute Gasteiger partial charge is 0.248 e. The molecule has 2 aromatic rings. The molecule has 2 heterocycles. The predicted octanol–water partition coefficient (Wildman–Crippen LogP) is 3.42. The second-order valence-corrected chi connectivity index (χ2v) is 7.99. The molecule has 1 saturated heterocycles. The number of hydrogen-bond donors (Lipinski definition) is 2. The van der Waals surface area contributed by atoms with Gasteiger partial charge in [-0.2, -0.15) is 4.98 Å². The summed E-state index contributed by atoms with van der Waals surface area (Å²) in [7, 11) is 0. The number of benzene rings is 1. The van der Waals surface area contributed by atoms with Gasteiger partial charge in [-0.3, -0.25) is 4.90 Å². The Morgan fingerprint density at radius 1 is 1.26 bits per heavy atom. The minimum absolute atomic E-state index is 0. The minimum atomic E-state index is 0. The van der Waals surface area contributed by atoms with Gasteiger partial charge < -0.3 is 19.9 Å². The number of nitrogens with zero attached hydrogens (tertiary/aromatic N) is 4. The summed E-state index contributed by atoms with van der Waals surface area (Å²) in [6.07, 6.45) is 0. The molecular formula is C21H32ClIN6O2. The van der Waals surface area contributed by atoms with E-state index in [1.165, 1.54) is 0 Å². The van der Waals surface area contributed by atoms with Gasteiger partial charge in [-0.15, -0.1) is 24.0 Å².